The summed E-state index contributed by atoms with van der Waals surface area (Å²) in [5.41, 5.74) is 1.01. The van der Waals surface area contributed by atoms with Gasteiger partial charge in [-0.2, -0.15) is 0 Å². The first-order chi connectivity index (χ1) is 8.92. The molecule has 1 aromatic carbocycles. The molecule has 0 aliphatic carbocycles. The molecular formula is C14H14N4. The summed E-state index contributed by atoms with van der Waals surface area (Å²) in [6, 6.07) is 12.2. The van der Waals surface area contributed by atoms with E-state index in [0.29, 0.717) is 0 Å². The third kappa shape index (κ3) is 2.32. The lowest BCUT2D eigenvalue weighted by Gasteiger charge is -2.05. The molecule has 0 fully saturated rings. The van der Waals surface area contributed by atoms with Crippen molar-refractivity contribution in [2.45, 2.75) is 6.42 Å². The van der Waals surface area contributed by atoms with Crippen LogP contribution in [0.4, 0.5) is 5.82 Å². The highest BCUT2D eigenvalue weighted by Gasteiger charge is 1.98. The van der Waals surface area contributed by atoms with Gasteiger partial charge in [-0.1, -0.05) is 18.2 Å². The number of aromatic nitrogens is 3. The van der Waals surface area contributed by atoms with E-state index in [2.05, 4.69) is 32.4 Å². The lowest BCUT2D eigenvalue weighted by molar-refractivity contribution is 0.923. The van der Waals surface area contributed by atoms with Crippen molar-refractivity contribution in [1.29, 1.82) is 0 Å². The van der Waals surface area contributed by atoms with Gasteiger partial charge in [0.05, 0.1) is 5.52 Å². The fourth-order valence-electron chi connectivity index (χ4n) is 1.91. The largest absolute Gasteiger partial charge is 0.370 e. The van der Waals surface area contributed by atoms with E-state index < -0.39 is 0 Å². The highest BCUT2D eigenvalue weighted by molar-refractivity contribution is 5.79. The van der Waals surface area contributed by atoms with Gasteiger partial charge < -0.3 is 10.3 Å². The van der Waals surface area contributed by atoms with Crippen molar-refractivity contribution < 1.29 is 0 Å². The molecule has 0 aliphatic heterocycles. The predicted octanol–water partition coefficient (Wildman–Crippen LogP) is 2.61. The number of para-hydroxylation sites is 1. The van der Waals surface area contributed by atoms with E-state index >= 15 is 0 Å². The molecule has 4 heteroatoms. The number of anilines is 1. The minimum Gasteiger partial charge on any atom is -0.370 e. The summed E-state index contributed by atoms with van der Waals surface area (Å²) in [7, 11) is 0. The molecule has 18 heavy (non-hydrogen) atoms. The van der Waals surface area contributed by atoms with Crippen LogP contribution in [0.25, 0.3) is 10.9 Å². The minimum atomic E-state index is 0.818. The molecule has 0 amide bonds. The van der Waals surface area contributed by atoms with Crippen molar-refractivity contribution in [2.75, 3.05) is 11.9 Å². The number of pyridine rings is 1. The number of nitrogens with one attached hydrogen (secondary N) is 2. The average Bonchev–Trinajstić information content (AvgIpc) is 2.92. The third-order valence-electron chi connectivity index (χ3n) is 2.82. The van der Waals surface area contributed by atoms with E-state index in [1.807, 2.05) is 30.5 Å². The molecule has 0 atom stereocenters. The standard InChI is InChI=1S/C14H14N4/c1-2-4-12-11(3-1)5-6-14(18-12)15-8-7-13-16-9-10-17-13/h1-6,9-10H,7-8H2,(H,15,18)(H,16,17). The van der Waals surface area contributed by atoms with Crippen LogP contribution < -0.4 is 5.32 Å². The summed E-state index contributed by atoms with van der Waals surface area (Å²) in [5, 5.41) is 4.47. The van der Waals surface area contributed by atoms with Crippen molar-refractivity contribution in [3.05, 3.63) is 54.6 Å². The second-order valence-electron chi connectivity index (χ2n) is 4.10. The van der Waals surface area contributed by atoms with Crippen LogP contribution in [0.15, 0.2) is 48.8 Å². The van der Waals surface area contributed by atoms with Gasteiger partial charge in [0.25, 0.3) is 0 Å². The van der Waals surface area contributed by atoms with Gasteiger partial charge in [0, 0.05) is 30.7 Å². The summed E-state index contributed by atoms with van der Waals surface area (Å²) in [6.45, 7) is 0.818. The monoisotopic (exact) mass is 238 g/mol. The molecule has 2 heterocycles. The molecule has 2 aromatic heterocycles. The molecule has 4 nitrogen and oxygen atoms in total. The van der Waals surface area contributed by atoms with Crippen LogP contribution in [0.1, 0.15) is 5.82 Å². The second-order valence-corrected chi connectivity index (χ2v) is 4.10. The Morgan fingerprint density at radius 1 is 1.11 bits per heavy atom. The summed E-state index contributed by atoms with van der Waals surface area (Å²) in [6.07, 6.45) is 4.47. The van der Waals surface area contributed by atoms with Crippen molar-refractivity contribution in [3.63, 3.8) is 0 Å². The highest BCUT2D eigenvalue weighted by atomic mass is 15.0. The van der Waals surface area contributed by atoms with E-state index in [9.17, 15) is 0 Å². The Bertz CT molecular complexity index is 631. The van der Waals surface area contributed by atoms with Crippen LogP contribution in [0.2, 0.25) is 0 Å². The SMILES string of the molecule is c1ccc2nc(NCCc3ncc[nH]3)ccc2c1. The Labute approximate surface area is 105 Å². The number of nitrogens with zero attached hydrogens (tertiary/aromatic N) is 2. The zero-order valence-corrected chi connectivity index (χ0v) is 9.93. The van der Waals surface area contributed by atoms with Crippen LogP contribution >= 0.6 is 0 Å². The first kappa shape index (κ1) is 10.8. The van der Waals surface area contributed by atoms with Gasteiger partial charge >= 0.3 is 0 Å². The molecular weight excluding hydrogens is 224 g/mol. The van der Waals surface area contributed by atoms with Crippen LogP contribution in [0, 0.1) is 0 Å². The zero-order chi connectivity index (χ0) is 12.2. The molecule has 0 radical (unpaired) electrons. The van der Waals surface area contributed by atoms with E-state index in [1.54, 1.807) is 6.20 Å². The van der Waals surface area contributed by atoms with Crippen LogP contribution in [-0.4, -0.2) is 21.5 Å². The van der Waals surface area contributed by atoms with E-state index in [0.717, 1.165) is 35.5 Å². The van der Waals surface area contributed by atoms with Crippen molar-refractivity contribution >= 4 is 16.7 Å². The molecule has 2 N–H and O–H groups in total. The maximum absolute atomic E-state index is 4.55. The van der Waals surface area contributed by atoms with Crippen LogP contribution in [-0.2, 0) is 6.42 Å². The lowest BCUT2D eigenvalue weighted by Crippen LogP contribution is -2.07. The summed E-state index contributed by atoms with van der Waals surface area (Å²) < 4.78 is 0. The van der Waals surface area contributed by atoms with Gasteiger partial charge in [0.15, 0.2) is 0 Å². The van der Waals surface area contributed by atoms with Gasteiger partial charge in [0.1, 0.15) is 11.6 Å². The molecule has 0 aliphatic rings. The summed E-state index contributed by atoms with van der Waals surface area (Å²) >= 11 is 0. The highest BCUT2D eigenvalue weighted by Crippen LogP contribution is 2.14. The number of rotatable bonds is 4. The van der Waals surface area contributed by atoms with Crippen LogP contribution in [0.5, 0.6) is 0 Å². The topological polar surface area (TPSA) is 53.6 Å². The second kappa shape index (κ2) is 4.87. The molecule has 0 bridgehead atoms. The van der Waals surface area contributed by atoms with Crippen LogP contribution in [0.3, 0.4) is 0 Å². The predicted molar refractivity (Wildman–Crippen MR) is 72.5 cm³/mol. The maximum atomic E-state index is 4.55. The minimum absolute atomic E-state index is 0.818. The molecule has 0 unspecified atom stereocenters. The van der Waals surface area contributed by atoms with Gasteiger partial charge in [-0.3, -0.25) is 0 Å². The third-order valence-corrected chi connectivity index (χ3v) is 2.82. The summed E-state index contributed by atoms with van der Waals surface area (Å²) in [4.78, 5) is 11.8. The van der Waals surface area contributed by atoms with E-state index in [4.69, 9.17) is 0 Å². The number of H-pyrrole nitrogens is 1. The first-order valence-electron chi connectivity index (χ1n) is 6.00. The average molecular weight is 238 g/mol. The molecule has 0 saturated heterocycles. The lowest BCUT2D eigenvalue weighted by atomic mass is 10.2. The Balaban J connectivity index is 1.67. The number of aromatic amines is 1. The smallest absolute Gasteiger partial charge is 0.126 e. The van der Waals surface area contributed by atoms with Gasteiger partial charge in [-0.05, 0) is 18.2 Å². The number of benzene rings is 1. The molecule has 3 rings (SSSR count). The Hall–Kier alpha value is -2.36. The fourth-order valence-corrected chi connectivity index (χ4v) is 1.91. The zero-order valence-electron chi connectivity index (χ0n) is 9.93. The van der Waals surface area contributed by atoms with E-state index in [1.165, 1.54) is 0 Å². The van der Waals surface area contributed by atoms with Gasteiger partial charge in [-0.15, -0.1) is 0 Å². The first-order valence-corrected chi connectivity index (χ1v) is 6.00. The Morgan fingerprint density at radius 3 is 2.94 bits per heavy atom. The van der Waals surface area contributed by atoms with Crippen molar-refractivity contribution in [3.8, 4) is 0 Å². The number of imidazole rings is 1. The number of hydrogen-bond donors (Lipinski definition) is 2. The molecule has 90 valence electrons. The Kier molecular flexibility index (Phi) is 2.92. The van der Waals surface area contributed by atoms with Crippen molar-refractivity contribution in [1.82, 2.24) is 15.0 Å². The van der Waals surface area contributed by atoms with E-state index in [-0.39, 0.29) is 0 Å². The molecule has 0 spiro atoms. The Morgan fingerprint density at radius 2 is 2.06 bits per heavy atom. The normalized spacial score (nSPS) is 10.7. The summed E-state index contributed by atoms with van der Waals surface area (Å²) in [5.74, 6) is 1.89. The van der Waals surface area contributed by atoms with Gasteiger partial charge in [0.2, 0.25) is 0 Å². The number of hydrogen-bond acceptors (Lipinski definition) is 3. The maximum Gasteiger partial charge on any atom is 0.126 e. The van der Waals surface area contributed by atoms with Gasteiger partial charge in [-0.25, -0.2) is 9.97 Å². The number of fused-ring (bicyclic) bond motifs is 1. The van der Waals surface area contributed by atoms with Crippen molar-refractivity contribution in [2.24, 2.45) is 0 Å². The molecule has 3 aromatic rings. The fraction of sp³-hybridized carbons (Fsp3) is 0.143. The quantitative estimate of drug-likeness (QED) is 0.734. The molecule has 0 saturated carbocycles.